The largest absolute Gasteiger partial charge is 0.397 e. The summed E-state index contributed by atoms with van der Waals surface area (Å²) in [5.74, 6) is -0.162. The van der Waals surface area contributed by atoms with Crippen molar-refractivity contribution in [1.29, 1.82) is 0 Å². The molecule has 0 saturated carbocycles. The zero-order chi connectivity index (χ0) is 10.6. The average Bonchev–Trinajstić information content (AvgIpc) is 2.12. The lowest BCUT2D eigenvalue weighted by Gasteiger charge is -2.06. The molecule has 1 amide bonds. The number of aryl methyl sites for hydroxylation is 1. The molecule has 3 heteroatoms. The molecule has 0 heterocycles. The van der Waals surface area contributed by atoms with Crippen molar-refractivity contribution in [3.05, 3.63) is 35.9 Å². The zero-order valence-corrected chi connectivity index (χ0v) is 8.37. The molecule has 3 nitrogen and oxygen atoms in total. The van der Waals surface area contributed by atoms with Crippen molar-refractivity contribution in [3.63, 3.8) is 0 Å². The van der Waals surface area contributed by atoms with Gasteiger partial charge in [0.25, 0.3) is 0 Å². The second kappa shape index (κ2) is 4.46. The van der Waals surface area contributed by atoms with Crippen molar-refractivity contribution >= 4 is 17.3 Å². The summed E-state index contributed by atoms with van der Waals surface area (Å²) in [7, 11) is 0. The van der Waals surface area contributed by atoms with Gasteiger partial charge in [-0.1, -0.05) is 12.1 Å². The topological polar surface area (TPSA) is 55.1 Å². The summed E-state index contributed by atoms with van der Waals surface area (Å²) in [6.45, 7) is 3.74. The molecule has 3 N–H and O–H groups in total. The molecule has 0 aromatic heterocycles. The number of carbonyl (C=O) groups excluding carboxylic acids is 1. The van der Waals surface area contributed by atoms with Gasteiger partial charge in [0.05, 0.1) is 11.4 Å². The summed E-state index contributed by atoms with van der Waals surface area (Å²) in [5.41, 5.74) is 8.00. The lowest BCUT2D eigenvalue weighted by molar-refractivity contribution is -0.111. The molecule has 0 radical (unpaired) electrons. The smallest absolute Gasteiger partial charge is 0.248 e. The third-order valence-electron chi connectivity index (χ3n) is 1.78. The zero-order valence-electron chi connectivity index (χ0n) is 8.37. The Hall–Kier alpha value is -1.77. The van der Waals surface area contributed by atoms with E-state index in [1.807, 2.05) is 19.1 Å². The van der Waals surface area contributed by atoms with Crippen LogP contribution in [0.15, 0.2) is 30.4 Å². The Balaban J connectivity index is 2.85. The van der Waals surface area contributed by atoms with E-state index in [2.05, 4.69) is 5.32 Å². The molecular formula is C11H14N2O. The Morgan fingerprint density at radius 1 is 1.50 bits per heavy atom. The second-order valence-electron chi connectivity index (χ2n) is 3.08. The highest BCUT2D eigenvalue weighted by molar-refractivity contribution is 6.01. The fraction of sp³-hybridized carbons (Fsp3) is 0.182. The molecule has 0 saturated heterocycles. The van der Waals surface area contributed by atoms with Crippen LogP contribution in [0.25, 0.3) is 0 Å². The summed E-state index contributed by atoms with van der Waals surface area (Å²) in [4.78, 5) is 11.2. The van der Waals surface area contributed by atoms with Gasteiger partial charge in [-0.15, -0.1) is 0 Å². The predicted molar refractivity (Wildman–Crippen MR) is 59.0 cm³/mol. The first-order chi connectivity index (χ1) is 6.63. The minimum absolute atomic E-state index is 0.162. The molecule has 0 fully saturated rings. The second-order valence-corrected chi connectivity index (χ2v) is 3.08. The van der Waals surface area contributed by atoms with Crippen LogP contribution >= 0.6 is 0 Å². The highest BCUT2D eigenvalue weighted by atomic mass is 16.1. The van der Waals surface area contributed by atoms with E-state index < -0.39 is 0 Å². The number of nitrogens with two attached hydrogens (primary N) is 1. The first-order valence-corrected chi connectivity index (χ1v) is 4.43. The molecule has 0 aliphatic heterocycles. The number of amides is 1. The first kappa shape index (κ1) is 10.3. The van der Waals surface area contributed by atoms with Gasteiger partial charge in [0.15, 0.2) is 0 Å². The van der Waals surface area contributed by atoms with Crippen LogP contribution in [0.1, 0.15) is 12.5 Å². The van der Waals surface area contributed by atoms with Crippen LogP contribution in [0.5, 0.6) is 0 Å². The molecule has 0 unspecified atom stereocenters. The minimum atomic E-state index is -0.162. The molecule has 14 heavy (non-hydrogen) atoms. The van der Waals surface area contributed by atoms with Crippen LogP contribution in [0.3, 0.4) is 0 Å². The molecule has 1 rings (SSSR count). The molecule has 0 aliphatic carbocycles. The van der Waals surface area contributed by atoms with E-state index >= 15 is 0 Å². The van der Waals surface area contributed by atoms with Crippen LogP contribution in [-0.4, -0.2) is 5.91 Å². The fourth-order valence-corrected chi connectivity index (χ4v) is 1.10. The van der Waals surface area contributed by atoms with Gasteiger partial charge in [-0.05, 0) is 37.6 Å². The van der Waals surface area contributed by atoms with Crippen molar-refractivity contribution in [2.24, 2.45) is 0 Å². The summed E-state index contributed by atoms with van der Waals surface area (Å²) < 4.78 is 0. The Bertz CT molecular complexity index is 370. The third kappa shape index (κ3) is 2.62. The summed E-state index contributed by atoms with van der Waals surface area (Å²) in [6, 6.07) is 5.53. The number of rotatable bonds is 2. The third-order valence-corrected chi connectivity index (χ3v) is 1.78. The highest BCUT2D eigenvalue weighted by Crippen LogP contribution is 2.19. The number of nitrogens with one attached hydrogen (secondary N) is 1. The summed E-state index contributed by atoms with van der Waals surface area (Å²) in [5, 5.41) is 2.70. The Labute approximate surface area is 83.6 Å². The molecule has 1 aromatic rings. The first-order valence-electron chi connectivity index (χ1n) is 4.43. The lowest BCUT2D eigenvalue weighted by atomic mass is 10.2. The van der Waals surface area contributed by atoms with E-state index in [0.29, 0.717) is 11.4 Å². The summed E-state index contributed by atoms with van der Waals surface area (Å²) in [6.07, 6.45) is 3.14. The molecule has 74 valence electrons. The van der Waals surface area contributed by atoms with Gasteiger partial charge in [-0.3, -0.25) is 4.79 Å². The van der Waals surface area contributed by atoms with Gasteiger partial charge in [-0.2, -0.15) is 0 Å². The molecule has 1 aromatic carbocycles. The van der Waals surface area contributed by atoms with Gasteiger partial charge in [0.2, 0.25) is 5.91 Å². The van der Waals surface area contributed by atoms with Crippen LogP contribution in [0.4, 0.5) is 11.4 Å². The van der Waals surface area contributed by atoms with Crippen molar-refractivity contribution in [2.45, 2.75) is 13.8 Å². The van der Waals surface area contributed by atoms with Crippen molar-refractivity contribution < 1.29 is 4.79 Å². The number of nitrogen functional groups attached to an aromatic ring is 1. The summed E-state index contributed by atoms with van der Waals surface area (Å²) >= 11 is 0. The number of benzene rings is 1. The van der Waals surface area contributed by atoms with Crippen LogP contribution in [-0.2, 0) is 4.79 Å². The maximum absolute atomic E-state index is 11.2. The standard InChI is InChI=1S/C11H14N2O/c1-3-4-11(14)13-10-7-8(2)5-6-9(10)12/h3-7H,12H2,1-2H3,(H,13,14)/b4-3+. The highest BCUT2D eigenvalue weighted by Gasteiger charge is 2.01. The van der Waals surface area contributed by atoms with Crippen molar-refractivity contribution in [3.8, 4) is 0 Å². The van der Waals surface area contributed by atoms with Gasteiger partial charge < -0.3 is 11.1 Å². The van der Waals surface area contributed by atoms with Crippen molar-refractivity contribution in [2.75, 3.05) is 11.1 Å². The lowest BCUT2D eigenvalue weighted by Crippen LogP contribution is -2.09. The van der Waals surface area contributed by atoms with E-state index in [1.54, 1.807) is 19.1 Å². The maximum Gasteiger partial charge on any atom is 0.248 e. The van der Waals surface area contributed by atoms with E-state index in [9.17, 15) is 4.79 Å². The number of hydrogen-bond donors (Lipinski definition) is 2. The van der Waals surface area contributed by atoms with Crippen LogP contribution < -0.4 is 11.1 Å². The quantitative estimate of drug-likeness (QED) is 0.554. The van der Waals surface area contributed by atoms with Gasteiger partial charge in [0.1, 0.15) is 0 Å². The molecule has 0 bridgehead atoms. The monoisotopic (exact) mass is 190 g/mol. The number of allylic oxidation sites excluding steroid dienone is 1. The predicted octanol–water partition coefficient (Wildman–Crippen LogP) is 2.09. The number of carbonyl (C=O) groups is 1. The Morgan fingerprint density at radius 2 is 2.21 bits per heavy atom. The van der Waals surface area contributed by atoms with Crippen LogP contribution in [0.2, 0.25) is 0 Å². The molecular weight excluding hydrogens is 176 g/mol. The average molecular weight is 190 g/mol. The molecule has 0 atom stereocenters. The van der Waals surface area contributed by atoms with Crippen molar-refractivity contribution in [1.82, 2.24) is 0 Å². The van der Waals surface area contributed by atoms with E-state index in [0.717, 1.165) is 5.56 Å². The SMILES string of the molecule is C/C=C/C(=O)Nc1cc(C)ccc1N. The number of hydrogen-bond acceptors (Lipinski definition) is 2. The minimum Gasteiger partial charge on any atom is -0.397 e. The Morgan fingerprint density at radius 3 is 2.86 bits per heavy atom. The van der Waals surface area contributed by atoms with Crippen LogP contribution in [0, 0.1) is 6.92 Å². The van der Waals surface area contributed by atoms with Gasteiger partial charge >= 0.3 is 0 Å². The van der Waals surface area contributed by atoms with Gasteiger partial charge in [-0.25, -0.2) is 0 Å². The maximum atomic E-state index is 11.2. The Kier molecular flexibility index (Phi) is 3.29. The van der Waals surface area contributed by atoms with E-state index in [-0.39, 0.29) is 5.91 Å². The molecule has 0 aliphatic rings. The van der Waals surface area contributed by atoms with E-state index in [1.165, 1.54) is 6.08 Å². The fourth-order valence-electron chi connectivity index (χ4n) is 1.10. The van der Waals surface area contributed by atoms with Gasteiger partial charge in [0, 0.05) is 0 Å². The molecule has 0 spiro atoms. The normalized spacial score (nSPS) is 10.4. The number of anilines is 2. The van der Waals surface area contributed by atoms with E-state index in [4.69, 9.17) is 5.73 Å².